The van der Waals surface area contributed by atoms with Crippen LogP contribution in [0.1, 0.15) is 0 Å². The van der Waals surface area contributed by atoms with Crippen LogP contribution in [0.15, 0.2) is 48.7 Å². The van der Waals surface area contributed by atoms with E-state index in [2.05, 4.69) is 23.2 Å². The molecule has 2 nitrogen and oxygen atoms in total. The molecule has 3 aromatic rings. The van der Waals surface area contributed by atoms with E-state index in [9.17, 15) is 5.11 Å². The van der Waals surface area contributed by atoms with Crippen LogP contribution >= 0.6 is 11.3 Å². The van der Waals surface area contributed by atoms with Crippen LogP contribution < -0.4 is 0 Å². The van der Waals surface area contributed by atoms with E-state index >= 15 is 0 Å². The zero-order chi connectivity index (χ0) is 11.0. The van der Waals surface area contributed by atoms with E-state index in [1.54, 1.807) is 29.7 Å². The van der Waals surface area contributed by atoms with Crippen LogP contribution in [-0.2, 0) is 0 Å². The van der Waals surface area contributed by atoms with E-state index in [1.807, 2.05) is 12.1 Å². The maximum atomic E-state index is 9.73. The molecule has 16 heavy (non-hydrogen) atoms. The molecule has 0 aliphatic heterocycles. The van der Waals surface area contributed by atoms with Crippen LogP contribution in [0.2, 0.25) is 0 Å². The average Bonchev–Trinajstić information content (AvgIpc) is 2.73. The van der Waals surface area contributed by atoms with Crippen molar-refractivity contribution >= 4 is 21.4 Å². The summed E-state index contributed by atoms with van der Waals surface area (Å²) >= 11 is 1.64. The Morgan fingerprint density at radius 3 is 2.75 bits per heavy atom. The Morgan fingerprint density at radius 1 is 1.06 bits per heavy atom. The monoisotopic (exact) mass is 227 g/mol. The van der Waals surface area contributed by atoms with Crippen LogP contribution in [0.3, 0.4) is 0 Å². The lowest BCUT2D eigenvalue weighted by Gasteiger charge is -1.98. The standard InChI is InChI=1S/C13H9NOS/c15-10-5-3-7-14-13(10)12-8-9-4-1-2-6-11(9)16-12/h1-8,15H. The highest BCUT2D eigenvalue weighted by Crippen LogP contribution is 2.35. The van der Waals surface area contributed by atoms with Crippen LogP contribution in [0.5, 0.6) is 5.75 Å². The Hall–Kier alpha value is -1.87. The zero-order valence-electron chi connectivity index (χ0n) is 8.42. The fourth-order valence-electron chi connectivity index (χ4n) is 1.69. The predicted molar refractivity (Wildman–Crippen MR) is 66.7 cm³/mol. The number of nitrogens with zero attached hydrogens (tertiary/aromatic N) is 1. The molecule has 78 valence electrons. The van der Waals surface area contributed by atoms with E-state index in [4.69, 9.17) is 0 Å². The molecule has 3 heteroatoms. The minimum absolute atomic E-state index is 0.231. The first kappa shape index (κ1) is 9.36. The second kappa shape index (κ2) is 3.61. The van der Waals surface area contributed by atoms with Crippen molar-refractivity contribution < 1.29 is 5.11 Å². The molecule has 0 fully saturated rings. The molecule has 3 rings (SSSR count). The second-order valence-corrected chi connectivity index (χ2v) is 4.60. The quantitative estimate of drug-likeness (QED) is 0.688. The van der Waals surface area contributed by atoms with Crippen molar-refractivity contribution in [2.45, 2.75) is 0 Å². The van der Waals surface area contributed by atoms with Crippen LogP contribution in [0, 0.1) is 0 Å². The first-order valence-corrected chi connectivity index (χ1v) is 5.79. The lowest BCUT2D eigenvalue weighted by Crippen LogP contribution is -1.78. The minimum Gasteiger partial charge on any atom is -0.506 e. The lowest BCUT2D eigenvalue weighted by molar-refractivity contribution is 0.475. The van der Waals surface area contributed by atoms with Gasteiger partial charge in [0.05, 0.1) is 4.88 Å². The van der Waals surface area contributed by atoms with E-state index < -0.39 is 0 Å². The normalized spacial score (nSPS) is 10.8. The van der Waals surface area contributed by atoms with Gasteiger partial charge in [0.25, 0.3) is 0 Å². The summed E-state index contributed by atoms with van der Waals surface area (Å²) in [5.41, 5.74) is 0.656. The summed E-state index contributed by atoms with van der Waals surface area (Å²) in [6, 6.07) is 13.6. The Morgan fingerprint density at radius 2 is 1.94 bits per heavy atom. The van der Waals surface area contributed by atoms with E-state index in [0.29, 0.717) is 5.69 Å². The highest BCUT2D eigenvalue weighted by Gasteiger charge is 2.08. The van der Waals surface area contributed by atoms with Gasteiger partial charge in [-0.2, -0.15) is 0 Å². The number of aromatic nitrogens is 1. The Labute approximate surface area is 96.8 Å². The van der Waals surface area contributed by atoms with Gasteiger partial charge in [0.2, 0.25) is 0 Å². The summed E-state index contributed by atoms with van der Waals surface area (Å²) in [6.45, 7) is 0. The number of benzene rings is 1. The molecular formula is C13H9NOS. The van der Waals surface area contributed by atoms with E-state index in [0.717, 1.165) is 4.88 Å². The molecule has 0 aliphatic carbocycles. The molecule has 0 atom stereocenters. The molecule has 0 saturated heterocycles. The van der Waals surface area contributed by atoms with E-state index in [1.165, 1.54) is 10.1 Å². The smallest absolute Gasteiger partial charge is 0.142 e. The van der Waals surface area contributed by atoms with Gasteiger partial charge in [0, 0.05) is 10.9 Å². The highest BCUT2D eigenvalue weighted by molar-refractivity contribution is 7.22. The van der Waals surface area contributed by atoms with Gasteiger partial charge < -0.3 is 5.11 Å². The number of thiophene rings is 1. The van der Waals surface area contributed by atoms with Crippen LogP contribution in [0.25, 0.3) is 20.7 Å². The van der Waals surface area contributed by atoms with Crippen molar-refractivity contribution in [3.05, 3.63) is 48.7 Å². The summed E-state index contributed by atoms with van der Waals surface area (Å²) in [7, 11) is 0. The first-order chi connectivity index (χ1) is 7.84. The molecule has 0 aliphatic rings. The van der Waals surface area contributed by atoms with Crippen molar-refractivity contribution in [3.63, 3.8) is 0 Å². The number of hydrogen-bond donors (Lipinski definition) is 1. The van der Waals surface area contributed by atoms with Crippen molar-refractivity contribution in [3.8, 4) is 16.3 Å². The van der Waals surface area contributed by atoms with Gasteiger partial charge in [-0.25, -0.2) is 0 Å². The van der Waals surface area contributed by atoms with Crippen molar-refractivity contribution in [2.24, 2.45) is 0 Å². The van der Waals surface area contributed by atoms with Crippen molar-refractivity contribution in [2.75, 3.05) is 0 Å². The summed E-state index contributed by atoms with van der Waals surface area (Å²) < 4.78 is 1.21. The third-order valence-electron chi connectivity index (χ3n) is 2.45. The van der Waals surface area contributed by atoms with Crippen LogP contribution in [0.4, 0.5) is 0 Å². The third-order valence-corrected chi connectivity index (χ3v) is 3.57. The number of fused-ring (bicyclic) bond motifs is 1. The lowest BCUT2D eigenvalue weighted by atomic mass is 10.2. The second-order valence-electron chi connectivity index (χ2n) is 3.52. The molecular weight excluding hydrogens is 218 g/mol. The Bertz CT molecular complexity index is 612. The molecule has 2 aromatic heterocycles. The average molecular weight is 227 g/mol. The molecule has 1 aromatic carbocycles. The zero-order valence-corrected chi connectivity index (χ0v) is 9.24. The molecule has 1 N–H and O–H groups in total. The molecule has 0 amide bonds. The van der Waals surface area contributed by atoms with Gasteiger partial charge in [-0.1, -0.05) is 18.2 Å². The molecule has 2 heterocycles. The fraction of sp³-hybridized carbons (Fsp3) is 0. The van der Waals surface area contributed by atoms with Crippen LogP contribution in [-0.4, -0.2) is 10.1 Å². The Balaban J connectivity index is 2.23. The summed E-state index contributed by atoms with van der Waals surface area (Å²) in [6.07, 6.45) is 1.69. The summed E-state index contributed by atoms with van der Waals surface area (Å²) in [5.74, 6) is 0.231. The van der Waals surface area contributed by atoms with Crippen molar-refractivity contribution in [1.82, 2.24) is 4.98 Å². The molecule has 0 spiro atoms. The van der Waals surface area contributed by atoms with Gasteiger partial charge >= 0.3 is 0 Å². The molecule has 0 unspecified atom stereocenters. The van der Waals surface area contributed by atoms with Gasteiger partial charge in [0.15, 0.2) is 0 Å². The van der Waals surface area contributed by atoms with Gasteiger partial charge in [0.1, 0.15) is 11.4 Å². The van der Waals surface area contributed by atoms with Gasteiger partial charge in [-0.15, -0.1) is 11.3 Å². The maximum absolute atomic E-state index is 9.73. The SMILES string of the molecule is Oc1cccnc1-c1cc2ccccc2s1. The van der Waals surface area contributed by atoms with Gasteiger partial charge in [-0.05, 0) is 29.7 Å². The number of rotatable bonds is 1. The third kappa shape index (κ3) is 1.46. The summed E-state index contributed by atoms with van der Waals surface area (Å²) in [5, 5.41) is 10.9. The maximum Gasteiger partial charge on any atom is 0.142 e. The largest absolute Gasteiger partial charge is 0.506 e. The molecule has 0 bridgehead atoms. The van der Waals surface area contributed by atoms with Crippen molar-refractivity contribution in [1.29, 1.82) is 0 Å². The van der Waals surface area contributed by atoms with E-state index in [-0.39, 0.29) is 5.75 Å². The fourth-order valence-corrected chi connectivity index (χ4v) is 2.75. The summed E-state index contributed by atoms with van der Waals surface area (Å²) in [4.78, 5) is 5.20. The Kier molecular flexibility index (Phi) is 2.11. The number of hydrogen-bond acceptors (Lipinski definition) is 3. The first-order valence-electron chi connectivity index (χ1n) is 4.97. The molecule has 0 radical (unpaired) electrons. The highest BCUT2D eigenvalue weighted by atomic mass is 32.1. The topological polar surface area (TPSA) is 33.1 Å². The minimum atomic E-state index is 0.231. The number of aromatic hydroxyl groups is 1. The molecule has 0 saturated carbocycles. The number of pyridine rings is 1. The van der Waals surface area contributed by atoms with Gasteiger partial charge in [-0.3, -0.25) is 4.98 Å². The predicted octanol–water partition coefficient (Wildman–Crippen LogP) is 3.67.